The summed E-state index contributed by atoms with van der Waals surface area (Å²) >= 11 is 0. The lowest BCUT2D eigenvalue weighted by atomic mass is 10.1. The number of nitrogens with one attached hydrogen (secondary N) is 1. The van der Waals surface area contributed by atoms with Crippen LogP contribution in [0.4, 0.5) is 8.78 Å². The summed E-state index contributed by atoms with van der Waals surface area (Å²) in [4.78, 5) is 0. The Labute approximate surface area is 75.8 Å². The summed E-state index contributed by atoms with van der Waals surface area (Å²) in [7, 11) is 1.81. The lowest BCUT2D eigenvalue weighted by Gasteiger charge is -2.03. The highest BCUT2D eigenvalue weighted by Crippen LogP contribution is 2.42. The zero-order chi connectivity index (χ0) is 9.42. The molecule has 0 spiro atoms. The quantitative estimate of drug-likeness (QED) is 0.739. The van der Waals surface area contributed by atoms with Gasteiger partial charge in [-0.2, -0.15) is 0 Å². The first-order valence-electron chi connectivity index (χ1n) is 4.35. The van der Waals surface area contributed by atoms with E-state index >= 15 is 0 Å². The maximum atomic E-state index is 13.2. The van der Waals surface area contributed by atoms with Gasteiger partial charge in [0.1, 0.15) is 11.6 Å². The van der Waals surface area contributed by atoms with E-state index in [9.17, 15) is 8.78 Å². The Morgan fingerprint density at radius 3 is 2.38 bits per heavy atom. The van der Waals surface area contributed by atoms with Crippen LogP contribution in [0.3, 0.4) is 0 Å². The van der Waals surface area contributed by atoms with E-state index < -0.39 is 11.6 Å². The molecule has 13 heavy (non-hydrogen) atoms. The molecular weight excluding hydrogens is 172 g/mol. The molecule has 0 amide bonds. The molecule has 1 aromatic carbocycles. The summed E-state index contributed by atoms with van der Waals surface area (Å²) in [6.45, 7) is 0. The predicted octanol–water partition coefficient (Wildman–Crippen LogP) is 2.04. The highest BCUT2D eigenvalue weighted by Gasteiger charge is 2.40. The molecule has 1 aromatic rings. The van der Waals surface area contributed by atoms with Gasteiger partial charge >= 0.3 is 0 Å². The number of rotatable bonds is 2. The number of benzene rings is 1. The highest BCUT2D eigenvalue weighted by atomic mass is 19.1. The van der Waals surface area contributed by atoms with E-state index in [1.807, 2.05) is 7.05 Å². The van der Waals surface area contributed by atoms with Crippen LogP contribution in [0.1, 0.15) is 17.9 Å². The minimum atomic E-state index is -0.428. The standard InChI is InChI=1S/C10H11F2N/c1-13-9-5-6(9)10-7(11)3-2-4-8(10)12/h2-4,6,9,13H,5H2,1H3. The summed E-state index contributed by atoms with van der Waals surface area (Å²) < 4.78 is 26.4. The predicted molar refractivity (Wildman–Crippen MR) is 46.6 cm³/mol. The molecule has 0 radical (unpaired) electrons. The molecule has 3 heteroatoms. The number of likely N-dealkylation sites (N-methyl/N-ethyl adjacent to an activating group) is 1. The fraction of sp³-hybridized carbons (Fsp3) is 0.400. The van der Waals surface area contributed by atoms with Crippen molar-refractivity contribution in [3.8, 4) is 0 Å². The van der Waals surface area contributed by atoms with Crippen LogP contribution in [0.5, 0.6) is 0 Å². The van der Waals surface area contributed by atoms with Crippen LogP contribution >= 0.6 is 0 Å². The van der Waals surface area contributed by atoms with Crippen molar-refractivity contribution in [3.05, 3.63) is 35.4 Å². The molecule has 0 aromatic heterocycles. The molecule has 2 atom stereocenters. The number of hydrogen-bond donors (Lipinski definition) is 1. The summed E-state index contributed by atoms with van der Waals surface area (Å²) in [5.74, 6) is -0.836. The van der Waals surface area contributed by atoms with Crippen LogP contribution in [0.15, 0.2) is 18.2 Å². The zero-order valence-corrected chi connectivity index (χ0v) is 7.35. The van der Waals surface area contributed by atoms with Gasteiger partial charge in [0, 0.05) is 17.5 Å². The molecule has 0 heterocycles. The molecule has 1 N–H and O–H groups in total. The minimum Gasteiger partial charge on any atom is -0.316 e. The molecule has 0 saturated heterocycles. The second-order valence-electron chi connectivity index (χ2n) is 3.37. The van der Waals surface area contributed by atoms with Gasteiger partial charge in [-0.25, -0.2) is 8.78 Å². The third kappa shape index (κ3) is 1.44. The van der Waals surface area contributed by atoms with Crippen molar-refractivity contribution in [2.45, 2.75) is 18.4 Å². The topological polar surface area (TPSA) is 12.0 Å². The van der Waals surface area contributed by atoms with Crippen molar-refractivity contribution in [2.24, 2.45) is 0 Å². The first kappa shape index (κ1) is 8.63. The van der Waals surface area contributed by atoms with Gasteiger partial charge in [0.05, 0.1) is 0 Å². The zero-order valence-electron chi connectivity index (χ0n) is 7.35. The van der Waals surface area contributed by atoms with Crippen molar-refractivity contribution in [1.82, 2.24) is 5.32 Å². The Bertz CT molecular complexity index is 304. The van der Waals surface area contributed by atoms with Crippen molar-refractivity contribution in [3.63, 3.8) is 0 Å². The summed E-state index contributed by atoms with van der Waals surface area (Å²) in [6, 6.07) is 4.25. The lowest BCUT2D eigenvalue weighted by Crippen LogP contribution is -2.11. The Morgan fingerprint density at radius 2 is 1.92 bits per heavy atom. The van der Waals surface area contributed by atoms with Gasteiger partial charge in [-0.1, -0.05) is 6.07 Å². The molecule has 2 rings (SSSR count). The third-order valence-electron chi connectivity index (χ3n) is 2.53. The molecule has 70 valence electrons. The second-order valence-corrected chi connectivity index (χ2v) is 3.37. The SMILES string of the molecule is CNC1CC1c1c(F)cccc1F. The van der Waals surface area contributed by atoms with E-state index in [1.54, 1.807) is 0 Å². The highest BCUT2D eigenvalue weighted by molar-refractivity contribution is 5.30. The maximum Gasteiger partial charge on any atom is 0.129 e. The Morgan fingerprint density at radius 1 is 1.31 bits per heavy atom. The molecule has 1 aliphatic rings. The molecule has 0 bridgehead atoms. The average Bonchev–Trinajstić information content (AvgIpc) is 2.83. The summed E-state index contributed by atoms with van der Waals surface area (Å²) in [6.07, 6.45) is 0.828. The van der Waals surface area contributed by atoms with Crippen LogP contribution < -0.4 is 5.32 Å². The van der Waals surface area contributed by atoms with Gasteiger partial charge in [-0.05, 0) is 25.6 Å². The second kappa shape index (κ2) is 3.07. The average molecular weight is 183 g/mol. The number of halogens is 2. The first-order chi connectivity index (χ1) is 6.24. The van der Waals surface area contributed by atoms with Gasteiger partial charge in [0.25, 0.3) is 0 Å². The van der Waals surface area contributed by atoms with Gasteiger partial charge in [-0.15, -0.1) is 0 Å². The van der Waals surface area contributed by atoms with Gasteiger partial charge in [-0.3, -0.25) is 0 Å². The van der Waals surface area contributed by atoms with Crippen LogP contribution in [0.25, 0.3) is 0 Å². The fourth-order valence-electron chi connectivity index (χ4n) is 1.70. The van der Waals surface area contributed by atoms with Crippen molar-refractivity contribution in [1.29, 1.82) is 0 Å². The van der Waals surface area contributed by atoms with Crippen molar-refractivity contribution < 1.29 is 8.78 Å². The summed E-state index contributed by atoms with van der Waals surface area (Å²) in [5.41, 5.74) is 0.238. The Kier molecular flexibility index (Phi) is 2.04. The van der Waals surface area contributed by atoms with Gasteiger partial charge < -0.3 is 5.32 Å². The molecule has 1 saturated carbocycles. The molecule has 2 unspecified atom stereocenters. The van der Waals surface area contributed by atoms with Gasteiger partial charge in [0.2, 0.25) is 0 Å². The van der Waals surface area contributed by atoms with Crippen LogP contribution in [-0.2, 0) is 0 Å². The molecule has 0 aliphatic heterocycles. The summed E-state index contributed by atoms with van der Waals surface area (Å²) in [5, 5.41) is 3.01. The van der Waals surface area contributed by atoms with E-state index in [1.165, 1.54) is 18.2 Å². The Hall–Kier alpha value is -0.960. The van der Waals surface area contributed by atoms with Gasteiger partial charge in [0.15, 0.2) is 0 Å². The van der Waals surface area contributed by atoms with E-state index in [2.05, 4.69) is 5.32 Å². The smallest absolute Gasteiger partial charge is 0.129 e. The number of hydrogen-bond acceptors (Lipinski definition) is 1. The molecule has 1 nitrogen and oxygen atoms in total. The third-order valence-corrected chi connectivity index (χ3v) is 2.53. The largest absolute Gasteiger partial charge is 0.316 e. The van der Waals surface area contributed by atoms with Crippen LogP contribution in [0.2, 0.25) is 0 Å². The van der Waals surface area contributed by atoms with Crippen LogP contribution in [0, 0.1) is 11.6 Å². The minimum absolute atomic E-state index is 0.0196. The normalized spacial score (nSPS) is 26.1. The van der Waals surface area contributed by atoms with E-state index in [0.29, 0.717) is 0 Å². The molecule has 1 aliphatic carbocycles. The first-order valence-corrected chi connectivity index (χ1v) is 4.35. The fourth-order valence-corrected chi connectivity index (χ4v) is 1.70. The monoisotopic (exact) mass is 183 g/mol. The van der Waals surface area contributed by atoms with Crippen molar-refractivity contribution in [2.75, 3.05) is 7.05 Å². The van der Waals surface area contributed by atoms with Crippen LogP contribution in [-0.4, -0.2) is 13.1 Å². The maximum absolute atomic E-state index is 13.2. The Balaban J connectivity index is 2.30. The molecule has 1 fully saturated rings. The van der Waals surface area contributed by atoms with E-state index in [4.69, 9.17) is 0 Å². The van der Waals surface area contributed by atoms with E-state index in [0.717, 1.165) is 6.42 Å². The lowest BCUT2D eigenvalue weighted by molar-refractivity contribution is 0.552. The molecular formula is C10H11F2N. The van der Waals surface area contributed by atoms with Crippen molar-refractivity contribution >= 4 is 0 Å². The van der Waals surface area contributed by atoms with E-state index in [-0.39, 0.29) is 17.5 Å².